The van der Waals surface area contributed by atoms with Gasteiger partial charge in [0.05, 0.1) is 31.0 Å². The van der Waals surface area contributed by atoms with Crippen LogP contribution in [-0.2, 0) is 6.42 Å². The summed E-state index contributed by atoms with van der Waals surface area (Å²) in [4.78, 5) is 5.17. The van der Waals surface area contributed by atoms with Crippen LogP contribution >= 0.6 is 11.6 Å². The maximum absolute atomic E-state index is 6.50. The predicted molar refractivity (Wildman–Crippen MR) is 146 cm³/mol. The maximum Gasteiger partial charge on any atom is 0.217 e. The summed E-state index contributed by atoms with van der Waals surface area (Å²) < 4.78 is 13.6. The van der Waals surface area contributed by atoms with Crippen LogP contribution in [0, 0.1) is 0 Å². The Labute approximate surface area is 216 Å². The van der Waals surface area contributed by atoms with Crippen molar-refractivity contribution in [3.05, 3.63) is 112 Å². The number of methoxy groups -OCH3 is 2. The van der Waals surface area contributed by atoms with E-state index < -0.39 is 0 Å². The molecule has 0 radical (unpaired) electrons. The molecule has 0 aromatic heterocycles. The number of halogens is 1. The van der Waals surface area contributed by atoms with Crippen LogP contribution in [0.5, 0.6) is 11.5 Å². The summed E-state index contributed by atoms with van der Waals surface area (Å²) in [7, 11) is 3.35. The van der Waals surface area contributed by atoms with E-state index in [2.05, 4.69) is 65.2 Å². The van der Waals surface area contributed by atoms with Crippen LogP contribution in [0.2, 0.25) is 5.02 Å². The molecule has 36 heavy (non-hydrogen) atoms. The molecule has 6 rings (SSSR count). The normalized spacial score (nSPS) is 14.2. The minimum atomic E-state index is 0.694. The fraction of sp³-hybridized carbons (Fsp3) is 0.161. The molecule has 0 amide bonds. The molecule has 0 unspecified atom stereocenters. The molecule has 2 heterocycles. The molecule has 4 nitrogen and oxygen atoms in total. The lowest BCUT2D eigenvalue weighted by molar-refractivity contribution is -0.512. The van der Waals surface area contributed by atoms with Crippen LogP contribution in [0.15, 0.2) is 89.9 Å². The first kappa shape index (κ1) is 22.6. The smallest absolute Gasteiger partial charge is 0.217 e. The molecule has 0 spiro atoms. The minimum Gasteiger partial charge on any atom is -0.493 e. The molecule has 4 aromatic carbocycles. The number of nitrogens with zero attached hydrogens (tertiary/aromatic N) is 2. The van der Waals surface area contributed by atoms with Gasteiger partial charge in [-0.3, -0.25) is 0 Å². The standard InChI is InChI=1S/C31H26ClN2O2/c1-35-29-16-23-14-15-34-19-28(22-10-8-21(9-11-22)20-6-4-3-5-7-20)33-27-13-12-24(32)17-26(27)31(34)25(23)18-30(29)36-2/h3-13,16-18H,14-15,19H2,1-2H3/q+1. The zero-order valence-corrected chi connectivity index (χ0v) is 21.0. The first-order chi connectivity index (χ1) is 17.6. The highest BCUT2D eigenvalue weighted by Gasteiger charge is 2.33. The summed E-state index contributed by atoms with van der Waals surface area (Å²) in [5, 5.41) is 0.694. The van der Waals surface area contributed by atoms with Crippen molar-refractivity contribution in [2.75, 3.05) is 27.3 Å². The molecule has 0 N–H and O–H groups in total. The van der Waals surface area contributed by atoms with Crippen LogP contribution < -0.4 is 9.47 Å². The third kappa shape index (κ3) is 3.98. The SMILES string of the molecule is COc1cc2c(cc1OC)C1=[N+](CC2)CC(c2ccc(-c3ccccc3)cc2)=Nc2ccc(Cl)cc21. The summed E-state index contributed by atoms with van der Waals surface area (Å²) >= 11 is 6.50. The minimum absolute atomic E-state index is 0.694. The number of aliphatic imine (C=N–C) groups is 1. The summed E-state index contributed by atoms with van der Waals surface area (Å²) in [6.45, 7) is 1.59. The van der Waals surface area contributed by atoms with Crippen molar-refractivity contribution < 1.29 is 14.0 Å². The fourth-order valence-electron chi connectivity index (χ4n) is 5.16. The van der Waals surface area contributed by atoms with Gasteiger partial charge < -0.3 is 9.47 Å². The van der Waals surface area contributed by atoms with E-state index in [-0.39, 0.29) is 0 Å². The van der Waals surface area contributed by atoms with Crippen molar-refractivity contribution >= 4 is 28.7 Å². The van der Waals surface area contributed by atoms with Gasteiger partial charge in [-0.25, -0.2) is 9.57 Å². The van der Waals surface area contributed by atoms with Gasteiger partial charge in [0.15, 0.2) is 18.0 Å². The highest BCUT2D eigenvalue weighted by atomic mass is 35.5. The second-order valence-corrected chi connectivity index (χ2v) is 9.48. The Kier molecular flexibility index (Phi) is 5.82. The van der Waals surface area contributed by atoms with Gasteiger partial charge in [0.2, 0.25) is 5.71 Å². The maximum atomic E-state index is 6.50. The van der Waals surface area contributed by atoms with Crippen LogP contribution in [-0.4, -0.2) is 43.3 Å². The number of rotatable bonds is 4. The van der Waals surface area contributed by atoms with Gasteiger partial charge in [-0.1, -0.05) is 66.2 Å². The van der Waals surface area contributed by atoms with Crippen LogP contribution in [0.25, 0.3) is 11.1 Å². The van der Waals surface area contributed by atoms with Crippen molar-refractivity contribution in [2.24, 2.45) is 4.99 Å². The monoisotopic (exact) mass is 493 g/mol. The van der Waals surface area contributed by atoms with Gasteiger partial charge in [0.1, 0.15) is 12.3 Å². The Bertz CT molecular complexity index is 1520. The van der Waals surface area contributed by atoms with E-state index in [1.807, 2.05) is 24.3 Å². The Morgan fingerprint density at radius 2 is 1.44 bits per heavy atom. The number of ether oxygens (including phenoxy) is 2. The van der Waals surface area contributed by atoms with E-state index in [1.54, 1.807) is 14.2 Å². The number of hydrogen-bond acceptors (Lipinski definition) is 3. The molecule has 0 bridgehead atoms. The number of benzene rings is 4. The molecule has 2 aliphatic rings. The molecule has 0 aliphatic carbocycles. The van der Waals surface area contributed by atoms with Gasteiger partial charge in [0.25, 0.3) is 0 Å². The van der Waals surface area contributed by atoms with Gasteiger partial charge >= 0.3 is 0 Å². The van der Waals surface area contributed by atoms with Crippen molar-refractivity contribution in [2.45, 2.75) is 6.42 Å². The summed E-state index contributed by atoms with van der Waals surface area (Å²) in [6, 6.07) is 29.3. The molecular formula is C31H26ClN2O2+. The van der Waals surface area contributed by atoms with Crippen molar-refractivity contribution in [1.29, 1.82) is 0 Å². The lowest BCUT2D eigenvalue weighted by atomic mass is 9.91. The highest BCUT2D eigenvalue weighted by Crippen LogP contribution is 2.37. The van der Waals surface area contributed by atoms with Crippen LogP contribution in [0.3, 0.4) is 0 Å². The van der Waals surface area contributed by atoms with Gasteiger partial charge in [-0.15, -0.1) is 0 Å². The van der Waals surface area contributed by atoms with E-state index in [0.717, 1.165) is 58.3 Å². The third-order valence-electron chi connectivity index (χ3n) is 6.97. The van der Waals surface area contributed by atoms with Gasteiger partial charge in [0, 0.05) is 17.0 Å². The Morgan fingerprint density at radius 3 is 2.19 bits per heavy atom. The molecule has 4 aromatic rings. The second-order valence-electron chi connectivity index (χ2n) is 9.05. The lowest BCUT2D eigenvalue weighted by Gasteiger charge is -2.20. The third-order valence-corrected chi connectivity index (χ3v) is 7.20. The van der Waals surface area contributed by atoms with Crippen LogP contribution in [0.4, 0.5) is 5.69 Å². The fourth-order valence-corrected chi connectivity index (χ4v) is 5.33. The molecule has 0 fully saturated rings. The molecule has 0 atom stereocenters. The first-order valence-corrected chi connectivity index (χ1v) is 12.4. The Morgan fingerprint density at radius 1 is 0.750 bits per heavy atom. The number of fused-ring (bicyclic) bond motifs is 4. The first-order valence-electron chi connectivity index (χ1n) is 12.0. The summed E-state index contributed by atoms with van der Waals surface area (Å²) in [5.41, 5.74) is 10.0. The Balaban J connectivity index is 1.48. The van der Waals surface area contributed by atoms with Crippen molar-refractivity contribution in [1.82, 2.24) is 0 Å². The van der Waals surface area contributed by atoms with E-state index in [0.29, 0.717) is 11.6 Å². The van der Waals surface area contributed by atoms with Gasteiger partial charge in [-0.05, 0) is 47.0 Å². The molecular weight excluding hydrogens is 468 g/mol. The van der Waals surface area contributed by atoms with E-state index in [9.17, 15) is 0 Å². The average molecular weight is 494 g/mol. The average Bonchev–Trinajstić information content (AvgIpc) is 3.09. The quantitative estimate of drug-likeness (QED) is 0.301. The van der Waals surface area contributed by atoms with Gasteiger partial charge in [-0.2, -0.15) is 0 Å². The van der Waals surface area contributed by atoms with Crippen molar-refractivity contribution in [3.8, 4) is 22.6 Å². The van der Waals surface area contributed by atoms with E-state index in [1.165, 1.54) is 16.7 Å². The van der Waals surface area contributed by atoms with E-state index >= 15 is 0 Å². The predicted octanol–water partition coefficient (Wildman–Crippen LogP) is 6.56. The number of hydrogen-bond donors (Lipinski definition) is 0. The zero-order valence-electron chi connectivity index (χ0n) is 20.3. The van der Waals surface area contributed by atoms with Crippen molar-refractivity contribution in [3.63, 3.8) is 0 Å². The summed E-state index contributed by atoms with van der Waals surface area (Å²) in [5.74, 6) is 1.47. The molecule has 2 aliphatic heterocycles. The zero-order chi connectivity index (χ0) is 24.6. The summed E-state index contributed by atoms with van der Waals surface area (Å²) in [6.07, 6.45) is 0.912. The highest BCUT2D eigenvalue weighted by molar-refractivity contribution is 6.31. The molecule has 0 saturated carbocycles. The topological polar surface area (TPSA) is 33.8 Å². The largest absolute Gasteiger partial charge is 0.493 e. The molecule has 5 heteroatoms. The van der Waals surface area contributed by atoms with Crippen LogP contribution in [0.1, 0.15) is 22.3 Å². The lowest BCUT2D eigenvalue weighted by Crippen LogP contribution is -2.33. The second kappa shape index (κ2) is 9.29. The van der Waals surface area contributed by atoms with E-state index in [4.69, 9.17) is 26.1 Å². The molecule has 178 valence electrons. The molecule has 0 saturated heterocycles. The Hall–Kier alpha value is -3.89.